The topological polar surface area (TPSA) is 60.7 Å². The smallest absolute Gasteiger partial charge is 0.132 e. The van der Waals surface area contributed by atoms with E-state index in [0.29, 0.717) is 6.07 Å². The van der Waals surface area contributed by atoms with Gasteiger partial charge in [0.1, 0.15) is 17.7 Å². The van der Waals surface area contributed by atoms with Crippen molar-refractivity contribution < 1.29 is 24.1 Å². The van der Waals surface area contributed by atoms with E-state index in [1.54, 1.807) is 0 Å². The van der Waals surface area contributed by atoms with Gasteiger partial charge in [0, 0.05) is 18.2 Å². The second-order valence-electron chi connectivity index (χ2n) is 3.65. The van der Waals surface area contributed by atoms with Crippen molar-refractivity contribution in [1.29, 1.82) is 0 Å². The molecule has 0 aliphatic carbocycles. The van der Waals surface area contributed by atoms with Crippen molar-refractivity contribution in [3.05, 3.63) is 34.9 Å². The van der Waals surface area contributed by atoms with E-state index in [1.807, 2.05) is 0 Å². The van der Waals surface area contributed by atoms with E-state index in [0.717, 1.165) is 6.07 Å². The van der Waals surface area contributed by atoms with Crippen LogP contribution in [0.5, 0.6) is 0 Å². The fourth-order valence-electron chi connectivity index (χ4n) is 1.40. The second-order valence-corrected chi connectivity index (χ2v) is 3.65. The van der Waals surface area contributed by atoms with Crippen LogP contribution in [0, 0.1) is 18.6 Å². The minimum Gasteiger partial charge on any atom is -0.396 e. The molecule has 0 aliphatic heterocycles. The maximum absolute atomic E-state index is 13.3. The average Bonchev–Trinajstić information content (AvgIpc) is 2.23. The summed E-state index contributed by atoms with van der Waals surface area (Å²) in [6, 6.07) is 1.81. The van der Waals surface area contributed by atoms with Crippen molar-refractivity contribution in [2.75, 3.05) is 6.61 Å². The number of hydrogen-bond donors (Lipinski definition) is 3. The van der Waals surface area contributed by atoms with E-state index in [2.05, 4.69) is 0 Å². The monoisotopic (exact) mass is 232 g/mol. The molecule has 0 saturated carbocycles. The zero-order valence-electron chi connectivity index (χ0n) is 8.82. The van der Waals surface area contributed by atoms with Crippen LogP contribution in [-0.2, 0) is 0 Å². The van der Waals surface area contributed by atoms with Crippen LogP contribution < -0.4 is 0 Å². The van der Waals surface area contributed by atoms with Crippen LogP contribution in [-0.4, -0.2) is 28.0 Å². The van der Waals surface area contributed by atoms with E-state index in [9.17, 15) is 19.0 Å². The molecule has 0 saturated heterocycles. The van der Waals surface area contributed by atoms with Gasteiger partial charge in [-0.25, -0.2) is 8.78 Å². The second kappa shape index (κ2) is 5.34. The van der Waals surface area contributed by atoms with E-state index in [-0.39, 0.29) is 24.2 Å². The highest BCUT2D eigenvalue weighted by molar-refractivity contribution is 5.27. The molecule has 0 spiro atoms. The molecule has 90 valence electrons. The zero-order chi connectivity index (χ0) is 12.3. The fraction of sp³-hybridized carbons (Fsp3) is 0.455. The Morgan fingerprint density at radius 1 is 1.19 bits per heavy atom. The van der Waals surface area contributed by atoms with Crippen molar-refractivity contribution >= 4 is 0 Å². The Hall–Kier alpha value is -1.04. The van der Waals surface area contributed by atoms with Gasteiger partial charge < -0.3 is 15.3 Å². The first-order valence-corrected chi connectivity index (χ1v) is 4.90. The molecule has 0 amide bonds. The molecule has 2 atom stereocenters. The molecule has 0 fully saturated rings. The van der Waals surface area contributed by atoms with Gasteiger partial charge in [0.05, 0.1) is 6.10 Å². The van der Waals surface area contributed by atoms with Crippen LogP contribution >= 0.6 is 0 Å². The van der Waals surface area contributed by atoms with Crippen LogP contribution in [0.2, 0.25) is 0 Å². The summed E-state index contributed by atoms with van der Waals surface area (Å²) in [4.78, 5) is 0. The van der Waals surface area contributed by atoms with Gasteiger partial charge in [0.25, 0.3) is 0 Å². The third-order valence-electron chi connectivity index (χ3n) is 2.39. The Kier molecular flexibility index (Phi) is 4.35. The first kappa shape index (κ1) is 13.0. The Morgan fingerprint density at radius 3 is 2.38 bits per heavy atom. The summed E-state index contributed by atoms with van der Waals surface area (Å²) in [6.45, 7) is 1.11. The molecule has 1 rings (SSSR count). The van der Waals surface area contributed by atoms with E-state index in [1.165, 1.54) is 6.92 Å². The Balaban J connectivity index is 2.99. The summed E-state index contributed by atoms with van der Waals surface area (Å²) in [6.07, 6.45) is -2.81. The Labute approximate surface area is 92.0 Å². The standard InChI is InChI=1S/C11H14F2O3/c1-6-4-7(9(13)5-8(6)12)11(16)10(15)2-3-14/h4-5,10-11,14-16H,2-3H2,1H3. The third kappa shape index (κ3) is 2.75. The molecule has 1 aromatic rings. The molecule has 0 radical (unpaired) electrons. The Bertz CT molecular complexity index is 368. The van der Waals surface area contributed by atoms with Crippen LogP contribution in [0.15, 0.2) is 12.1 Å². The summed E-state index contributed by atoms with van der Waals surface area (Å²) in [7, 11) is 0. The molecule has 2 unspecified atom stereocenters. The number of aryl methyl sites for hydroxylation is 1. The molecular weight excluding hydrogens is 218 g/mol. The van der Waals surface area contributed by atoms with Gasteiger partial charge in [0.15, 0.2) is 0 Å². The molecule has 0 heterocycles. The molecule has 3 N–H and O–H groups in total. The van der Waals surface area contributed by atoms with Crippen LogP contribution in [0.4, 0.5) is 8.78 Å². The number of rotatable bonds is 4. The number of halogens is 2. The van der Waals surface area contributed by atoms with Gasteiger partial charge >= 0.3 is 0 Å². The molecule has 16 heavy (non-hydrogen) atoms. The van der Waals surface area contributed by atoms with E-state index in [4.69, 9.17) is 5.11 Å². The van der Waals surface area contributed by atoms with Crippen molar-refractivity contribution in [3.8, 4) is 0 Å². The van der Waals surface area contributed by atoms with Gasteiger partial charge in [-0.1, -0.05) is 0 Å². The zero-order valence-corrected chi connectivity index (χ0v) is 8.82. The summed E-state index contributed by atoms with van der Waals surface area (Å²) in [5, 5.41) is 27.6. The van der Waals surface area contributed by atoms with Gasteiger partial charge in [-0.05, 0) is 25.0 Å². The molecular formula is C11H14F2O3. The van der Waals surface area contributed by atoms with Crippen LogP contribution in [0.25, 0.3) is 0 Å². The minimum atomic E-state index is -1.47. The van der Waals surface area contributed by atoms with Crippen LogP contribution in [0.3, 0.4) is 0 Å². The van der Waals surface area contributed by atoms with Gasteiger partial charge in [0.2, 0.25) is 0 Å². The lowest BCUT2D eigenvalue weighted by Crippen LogP contribution is -2.20. The lowest BCUT2D eigenvalue weighted by atomic mass is 10.00. The number of hydrogen-bond acceptors (Lipinski definition) is 3. The largest absolute Gasteiger partial charge is 0.396 e. The summed E-state index contributed by atoms with van der Waals surface area (Å²) >= 11 is 0. The van der Waals surface area contributed by atoms with Gasteiger partial charge in [-0.2, -0.15) is 0 Å². The highest BCUT2D eigenvalue weighted by atomic mass is 19.1. The van der Waals surface area contributed by atoms with E-state index < -0.39 is 23.8 Å². The highest BCUT2D eigenvalue weighted by Gasteiger charge is 2.22. The predicted molar refractivity (Wildman–Crippen MR) is 53.8 cm³/mol. The normalized spacial score (nSPS) is 14.9. The quantitative estimate of drug-likeness (QED) is 0.727. The molecule has 0 aromatic heterocycles. The Morgan fingerprint density at radius 2 is 1.81 bits per heavy atom. The van der Waals surface area contributed by atoms with Crippen molar-refractivity contribution in [2.24, 2.45) is 0 Å². The fourth-order valence-corrected chi connectivity index (χ4v) is 1.40. The highest BCUT2D eigenvalue weighted by Crippen LogP contribution is 2.24. The van der Waals surface area contributed by atoms with Crippen molar-refractivity contribution in [3.63, 3.8) is 0 Å². The van der Waals surface area contributed by atoms with Crippen LogP contribution in [0.1, 0.15) is 23.7 Å². The summed E-state index contributed by atoms with van der Waals surface area (Å²) in [5.41, 5.74) is 0.0199. The van der Waals surface area contributed by atoms with Gasteiger partial charge in [-0.15, -0.1) is 0 Å². The first-order chi connectivity index (χ1) is 7.47. The first-order valence-electron chi connectivity index (χ1n) is 4.90. The summed E-state index contributed by atoms with van der Waals surface area (Å²) in [5.74, 6) is -1.61. The predicted octanol–water partition coefficient (Wildman–Crippen LogP) is 1.05. The number of aliphatic hydroxyl groups is 3. The van der Waals surface area contributed by atoms with Crippen molar-refractivity contribution in [1.82, 2.24) is 0 Å². The average molecular weight is 232 g/mol. The van der Waals surface area contributed by atoms with E-state index >= 15 is 0 Å². The maximum Gasteiger partial charge on any atom is 0.132 e. The van der Waals surface area contributed by atoms with Gasteiger partial charge in [-0.3, -0.25) is 0 Å². The SMILES string of the molecule is Cc1cc(C(O)C(O)CCO)c(F)cc1F. The molecule has 0 aliphatic rings. The number of benzene rings is 1. The molecule has 5 heteroatoms. The number of aliphatic hydroxyl groups excluding tert-OH is 3. The maximum atomic E-state index is 13.3. The molecule has 0 bridgehead atoms. The summed E-state index contributed by atoms with van der Waals surface area (Å²) < 4.78 is 26.3. The molecule has 1 aromatic carbocycles. The third-order valence-corrected chi connectivity index (χ3v) is 2.39. The lowest BCUT2D eigenvalue weighted by molar-refractivity contribution is 0.00227. The van der Waals surface area contributed by atoms with Crippen molar-refractivity contribution in [2.45, 2.75) is 25.6 Å². The minimum absolute atomic E-state index is 0.0724. The lowest BCUT2D eigenvalue weighted by Gasteiger charge is -2.18. The molecule has 3 nitrogen and oxygen atoms in total.